The Hall–Kier alpha value is -0.120. The Kier molecular flexibility index (Phi) is 8.83. The number of rotatable bonds is 10. The van der Waals surface area contributed by atoms with Gasteiger partial charge in [-0.1, -0.05) is 27.2 Å². The van der Waals surface area contributed by atoms with Gasteiger partial charge in [0.25, 0.3) is 0 Å². The Morgan fingerprint density at radius 3 is 2.17 bits per heavy atom. The molecule has 3 nitrogen and oxygen atoms in total. The van der Waals surface area contributed by atoms with Crippen molar-refractivity contribution in [3.05, 3.63) is 0 Å². The molecule has 0 spiro atoms. The molecule has 0 aromatic rings. The summed E-state index contributed by atoms with van der Waals surface area (Å²) in [4.78, 5) is 2.54. The second kappa shape index (κ2) is 8.89. The van der Waals surface area contributed by atoms with E-state index in [-0.39, 0.29) is 5.54 Å². The van der Waals surface area contributed by atoms with Crippen LogP contribution in [0, 0.1) is 5.92 Å². The van der Waals surface area contributed by atoms with Gasteiger partial charge in [0.05, 0.1) is 6.61 Å². The lowest BCUT2D eigenvalue weighted by Gasteiger charge is -2.47. The average molecular weight is 258 g/mol. The lowest BCUT2D eigenvalue weighted by Crippen LogP contribution is -2.57. The molecule has 0 saturated carbocycles. The van der Waals surface area contributed by atoms with Crippen molar-refractivity contribution in [3.63, 3.8) is 0 Å². The highest BCUT2D eigenvalue weighted by Gasteiger charge is 2.36. The summed E-state index contributed by atoms with van der Waals surface area (Å²) in [7, 11) is 1.77. The molecule has 2 N–H and O–H groups in total. The van der Waals surface area contributed by atoms with E-state index in [4.69, 9.17) is 10.5 Å². The van der Waals surface area contributed by atoms with Crippen LogP contribution in [0.5, 0.6) is 0 Å². The summed E-state index contributed by atoms with van der Waals surface area (Å²) in [6.07, 6.45) is 3.51. The fourth-order valence-electron chi connectivity index (χ4n) is 2.84. The van der Waals surface area contributed by atoms with Gasteiger partial charge in [0.1, 0.15) is 0 Å². The van der Waals surface area contributed by atoms with Crippen molar-refractivity contribution in [1.82, 2.24) is 4.90 Å². The molecule has 18 heavy (non-hydrogen) atoms. The Morgan fingerprint density at radius 2 is 1.83 bits per heavy atom. The van der Waals surface area contributed by atoms with Crippen molar-refractivity contribution in [2.75, 3.05) is 26.8 Å². The van der Waals surface area contributed by atoms with E-state index in [2.05, 4.69) is 39.5 Å². The van der Waals surface area contributed by atoms with Gasteiger partial charge in [0.2, 0.25) is 0 Å². The second-order valence-electron chi connectivity index (χ2n) is 5.78. The molecule has 0 rings (SSSR count). The highest BCUT2D eigenvalue weighted by atomic mass is 16.5. The predicted octanol–water partition coefficient (Wildman–Crippen LogP) is 2.89. The van der Waals surface area contributed by atoms with Crippen LogP contribution in [0.4, 0.5) is 0 Å². The Morgan fingerprint density at radius 1 is 1.22 bits per heavy atom. The Labute approximate surface area is 114 Å². The summed E-state index contributed by atoms with van der Waals surface area (Å²) >= 11 is 0. The van der Waals surface area contributed by atoms with E-state index in [9.17, 15) is 0 Å². The third-order valence-corrected chi connectivity index (χ3v) is 4.23. The first-order valence-corrected chi connectivity index (χ1v) is 7.43. The van der Waals surface area contributed by atoms with Crippen molar-refractivity contribution >= 4 is 0 Å². The van der Waals surface area contributed by atoms with Crippen LogP contribution in [-0.2, 0) is 4.74 Å². The number of nitrogens with zero attached hydrogens (tertiary/aromatic N) is 1. The van der Waals surface area contributed by atoms with Gasteiger partial charge in [-0.05, 0) is 32.6 Å². The first-order valence-electron chi connectivity index (χ1n) is 7.43. The highest BCUT2D eigenvalue weighted by Crippen LogP contribution is 2.30. The molecule has 0 aliphatic rings. The normalized spacial score (nSPS) is 17.2. The van der Waals surface area contributed by atoms with E-state index in [0.717, 1.165) is 32.0 Å². The van der Waals surface area contributed by atoms with Gasteiger partial charge >= 0.3 is 0 Å². The zero-order valence-electron chi connectivity index (χ0n) is 13.3. The number of hydrogen-bond acceptors (Lipinski definition) is 3. The van der Waals surface area contributed by atoms with E-state index in [0.29, 0.717) is 6.04 Å². The zero-order valence-corrected chi connectivity index (χ0v) is 13.3. The van der Waals surface area contributed by atoms with Crippen LogP contribution in [0.25, 0.3) is 0 Å². The predicted molar refractivity (Wildman–Crippen MR) is 79.9 cm³/mol. The summed E-state index contributed by atoms with van der Waals surface area (Å²) in [5.41, 5.74) is 6.28. The van der Waals surface area contributed by atoms with Crippen LogP contribution in [0.1, 0.15) is 53.9 Å². The van der Waals surface area contributed by atoms with Gasteiger partial charge < -0.3 is 10.5 Å². The van der Waals surface area contributed by atoms with Gasteiger partial charge in [0, 0.05) is 31.8 Å². The van der Waals surface area contributed by atoms with Crippen LogP contribution in [0.15, 0.2) is 0 Å². The van der Waals surface area contributed by atoms with E-state index < -0.39 is 0 Å². The minimum atomic E-state index is 0.127. The summed E-state index contributed by atoms with van der Waals surface area (Å²) in [6.45, 7) is 13.8. The molecule has 0 aliphatic carbocycles. The quantitative estimate of drug-likeness (QED) is 0.655. The van der Waals surface area contributed by atoms with Gasteiger partial charge in [-0.2, -0.15) is 0 Å². The maximum absolute atomic E-state index is 6.15. The Bertz CT molecular complexity index is 203. The lowest BCUT2D eigenvalue weighted by molar-refractivity contribution is 0.0163. The average Bonchev–Trinajstić information content (AvgIpc) is 2.36. The SMILES string of the molecule is CCC(C)CC(CC)(CN)N(CCOC)C(C)C. The monoisotopic (exact) mass is 258 g/mol. The smallest absolute Gasteiger partial charge is 0.0590 e. The maximum atomic E-state index is 6.15. The first kappa shape index (κ1) is 17.9. The van der Waals surface area contributed by atoms with Gasteiger partial charge in [-0.15, -0.1) is 0 Å². The van der Waals surface area contributed by atoms with Crippen LogP contribution >= 0.6 is 0 Å². The topological polar surface area (TPSA) is 38.5 Å². The molecule has 2 unspecified atom stereocenters. The standard InChI is InChI=1S/C15H34N2O/c1-7-14(5)11-15(8-2,12-16)17(13(3)4)9-10-18-6/h13-14H,7-12,16H2,1-6H3. The van der Waals surface area contributed by atoms with Crippen molar-refractivity contribution in [1.29, 1.82) is 0 Å². The maximum Gasteiger partial charge on any atom is 0.0590 e. The lowest BCUT2D eigenvalue weighted by atomic mass is 9.82. The summed E-state index contributed by atoms with van der Waals surface area (Å²) in [5.74, 6) is 0.720. The van der Waals surface area contributed by atoms with Crippen molar-refractivity contribution < 1.29 is 4.74 Å². The molecule has 0 saturated heterocycles. The summed E-state index contributed by atoms with van der Waals surface area (Å²) < 4.78 is 5.26. The summed E-state index contributed by atoms with van der Waals surface area (Å²) in [6, 6.07) is 0.507. The molecule has 2 atom stereocenters. The molecule has 0 heterocycles. The molecule has 0 radical (unpaired) electrons. The molecular formula is C15H34N2O. The van der Waals surface area contributed by atoms with Crippen molar-refractivity contribution in [2.45, 2.75) is 65.5 Å². The van der Waals surface area contributed by atoms with Gasteiger partial charge in [-0.25, -0.2) is 0 Å². The van der Waals surface area contributed by atoms with Crippen LogP contribution in [0.3, 0.4) is 0 Å². The number of ether oxygens (including phenoxy) is 1. The molecule has 0 aromatic heterocycles. The molecule has 0 aliphatic heterocycles. The van der Waals surface area contributed by atoms with Crippen molar-refractivity contribution in [2.24, 2.45) is 11.7 Å². The molecule has 0 aromatic carbocycles. The molecule has 0 fully saturated rings. The zero-order chi connectivity index (χ0) is 14.2. The largest absolute Gasteiger partial charge is 0.383 e. The van der Waals surface area contributed by atoms with Gasteiger partial charge in [0.15, 0.2) is 0 Å². The number of methoxy groups -OCH3 is 1. The third-order valence-electron chi connectivity index (χ3n) is 4.23. The van der Waals surface area contributed by atoms with Crippen molar-refractivity contribution in [3.8, 4) is 0 Å². The number of hydrogen-bond donors (Lipinski definition) is 1. The fourth-order valence-corrected chi connectivity index (χ4v) is 2.84. The number of nitrogens with two attached hydrogens (primary N) is 1. The highest BCUT2D eigenvalue weighted by molar-refractivity contribution is 4.93. The molecule has 3 heteroatoms. The fraction of sp³-hybridized carbons (Fsp3) is 1.00. The van der Waals surface area contributed by atoms with Gasteiger partial charge in [-0.3, -0.25) is 4.90 Å². The Balaban J connectivity index is 4.97. The molecule has 0 amide bonds. The summed E-state index contributed by atoms with van der Waals surface area (Å²) in [5, 5.41) is 0. The van der Waals surface area contributed by atoms with E-state index in [1.807, 2.05) is 0 Å². The minimum absolute atomic E-state index is 0.127. The van der Waals surface area contributed by atoms with E-state index >= 15 is 0 Å². The molecule has 110 valence electrons. The molecular weight excluding hydrogens is 224 g/mol. The van der Waals surface area contributed by atoms with E-state index in [1.165, 1.54) is 12.8 Å². The second-order valence-corrected chi connectivity index (χ2v) is 5.78. The third kappa shape index (κ3) is 4.87. The van der Waals surface area contributed by atoms with Crippen LogP contribution in [0.2, 0.25) is 0 Å². The van der Waals surface area contributed by atoms with E-state index in [1.54, 1.807) is 7.11 Å². The van der Waals surface area contributed by atoms with Crippen LogP contribution in [-0.4, -0.2) is 43.3 Å². The van der Waals surface area contributed by atoms with Crippen LogP contribution < -0.4 is 5.73 Å². The minimum Gasteiger partial charge on any atom is -0.383 e. The first-order chi connectivity index (χ1) is 8.47. The molecule has 0 bridgehead atoms.